The summed E-state index contributed by atoms with van der Waals surface area (Å²) >= 11 is 0. The van der Waals surface area contributed by atoms with Crippen molar-refractivity contribution in [2.75, 3.05) is 12.8 Å². The Kier molecular flexibility index (Phi) is 5.85. The van der Waals surface area contributed by atoms with Crippen LogP contribution >= 0.6 is 0 Å². The maximum absolute atomic E-state index is 13.0. The van der Waals surface area contributed by atoms with E-state index in [4.69, 9.17) is 10.5 Å². The van der Waals surface area contributed by atoms with Crippen LogP contribution in [-0.4, -0.2) is 44.5 Å². The molecule has 0 atom stereocenters. The van der Waals surface area contributed by atoms with E-state index in [1.165, 1.54) is 4.68 Å². The zero-order valence-corrected chi connectivity index (χ0v) is 18.5. The first kappa shape index (κ1) is 21.7. The molecule has 2 aromatic carbocycles. The van der Waals surface area contributed by atoms with Crippen molar-refractivity contribution < 1.29 is 14.2 Å². The number of aromatic nitrogens is 5. The highest BCUT2D eigenvalue weighted by molar-refractivity contribution is 5.99. The summed E-state index contributed by atoms with van der Waals surface area (Å²) in [4.78, 5) is 13.0. The van der Waals surface area contributed by atoms with Crippen molar-refractivity contribution >= 4 is 17.9 Å². The van der Waals surface area contributed by atoms with E-state index in [0.29, 0.717) is 17.0 Å². The Morgan fingerprint density at radius 1 is 1.18 bits per heavy atom. The molecule has 2 aromatic heterocycles. The first-order valence-corrected chi connectivity index (χ1v) is 9.98. The van der Waals surface area contributed by atoms with Gasteiger partial charge in [0.1, 0.15) is 11.4 Å². The first-order chi connectivity index (χ1) is 15.9. The van der Waals surface area contributed by atoms with Crippen molar-refractivity contribution in [1.82, 2.24) is 30.7 Å². The zero-order valence-electron chi connectivity index (χ0n) is 18.5. The molecular weight excluding hydrogens is 424 g/mol. The van der Waals surface area contributed by atoms with Crippen LogP contribution in [0.25, 0.3) is 17.1 Å². The van der Waals surface area contributed by atoms with E-state index in [2.05, 4.69) is 47.9 Å². The Morgan fingerprint density at radius 2 is 1.94 bits per heavy atom. The standard InChI is InChI=1S/C22H22N8O3/c1-12-8-13(2)17(14(3)9-12)11-24-26-22(31)18-19(15-6-5-7-16(10-15)32-4)30(29-25-18)21-20(23)27-33-28-21/h5-11H,1-4H3,(H2,23,27)(H,26,31)/b24-11+. The molecule has 0 radical (unpaired) electrons. The predicted octanol–water partition coefficient (Wildman–Crippen LogP) is 2.60. The summed E-state index contributed by atoms with van der Waals surface area (Å²) in [7, 11) is 1.55. The molecule has 168 valence electrons. The number of methoxy groups -OCH3 is 1. The Bertz CT molecular complexity index is 1330. The molecule has 1 amide bonds. The summed E-state index contributed by atoms with van der Waals surface area (Å²) in [6.07, 6.45) is 1.61. The van der Waals surface area contributed by atoms with E-state index >= 15 is 0 Å². The van der Waals surface area contributed by atoms with Crippen molar-refractivity contribution in [3.8, 4) is 22.8 Å². The average Bonchev–Trinajstić information content (AvgIpc) is 3.41. The van der Waals surface area contributed by atoms with Gasteiger partial charge in [-0.2, -0.15) is 9.78 Å². The third kappa shape index (κ3) is 4.28. The van der Waals surface area contributed by atoms with Gasteiger partial charge in [-0.1, -0.05) is 35.0 Å². The number of nitrogens with two attached hydrogens (primary N) is 1. The molecule has 0 unspecified atom stereocenters. The number of rotatable bonds is 6. The van der Waals surface area contributed by atoms with Crippen LogP contribution in [0.1, 0.15) is 32.7 Å². The number of aryl methyl sites for hydroxylation is 3. The summed E-state index contributed by atoms with van der Waals surface area (Å²) in [5.41, 5.74) is 13.5. The fourth-order valence-electron chi connectivity index (χ4n) is 3.55. The zero-order chi connectivity index (χ0) is 23.5. The van der Waals surface area contributed by atoms with Gasteiger partial charge in [0.05, 0.1) is 13.3 Å². The number of benzene rings is 2. The van der Waals surface area contributed by atoms with Gasteiger partial charge >= 0.3 is 0 Å². The van der Waals surface area contributed by atoms with E-state index in [1.54, 1.807) is 37.6 Å². The molecule has 0 aliphatic carbocycles. The van der Waals surface area contributed by atoms with Gasteiger partial charge in [-0.15, -0.1) is 5.10 Å². The number of carbonyl (C=O) groups excluding carboxylic acids is 1. The molecule has 3 N–H and O–H groups in total. The van der Waals surface area contributed by atoms with E-state index in [0.717, 1.165) is 22.3 Å². The van der Waals surface area contributed by atoms with Crippen LogP contribution in [0.4, 0.5) is 5.82 Å². The number of nitrogen functional groups attached to an aromatic ring is 1. The fraction of sp³-hybridized carbons (Fsp3) is 0.182. The molecule has 0 aliphatic rings. The van der Waals surface area contributed by atoms with Crippen LogP contribution < -0.4 is 15.9 Å². The highest BCUT2D eigenvalue weighted by Gasteiger charge is 2.25. The SMILES string of the molecule is COc1cccc(-c2c(C(=O)N/N=C/c3c(C)cc(C)cc3C)nnn2-c2nonc2N)c1. The van der Waals surface area contributed by atoms with Crippen molar-refractivity contribution in [3.63, 3.8) is 0 Å². The lowest BCUT2D eigenvalue weighted by Gasteiger charge is -2.08. The fourth-order valence-corrected chi connectivity index (χ4v) is 3.55. The molecule has 11 heteroatoms. The van der Waals surface area contributed by atoms with Crippen LogP contribution in [0.3, 0.4) is 0 Å². The number of hydrazone groups is 1. The molecular formula is C22H22N8O3. The molecule has 0 bridgehead atoms. The monoisotopic (exact) mass is 446 g/mol. The lowest BCUT2D eigenvalue weighted by molar-refractivity contribution is 0.0950. The number of hydrogen-bond donors (Lipinski definition) is 2. The van der Waals surface area contributed by atoms with Gasteiger partial charge in [0.25, 0.3) is 5.91 Å². The van der Waals surface area contributed by atoms with Gasteiger partial charge in [0.15, 0.2) is 5.69 Å². The van der Waals surface area contributed by atoms with Crippen LogP contribution in [0.5, 0.6) is 5.75 Å². The molecule has 0 saturated heterocycles. The van der Waals surface area contributed by atoms with Crippen molar-refractivity contribution in [3.05, 3.63) is 64.3 Å². The molecule has 4 aromatic rings. The quantitative estimate of drug-likeness (QED) is 0.339. The molecule has 0 fully saturated rings. The first-order valence-electron chi connectivity index (χ1n) is 9.98. The van der Waals surface area contributed by atoms with Crippen LogP contribution in [0.2, 0.25) is 0 Å². The number of amides is 1. The number of nitrogens with one attached hydrogen (secondary N) is 1. The number of hydrogen-bond acceptors (Lipinski definition) is 9. The third-order valence-electron chi connectivity index (χ3n) is 5.02. The molecule has 0 aliphatic heterocycles. The number of nitrogens with zero attached hydrogens (tertiary/aromatic N) is 6. The summed E-state index contributed by atoms with van der Waals surface area (Å²) in [6.45, 7) is 6.02. The summed E-state index contributed by atoms with van der Waals surface area (Å²) in [5, 5.41) is 19.6. The van der Waals surface area contributed by atoms with Gasteiger partial charge < -0.3 is 10.5 Å². The Hall–Kier alpha value is -4.54. The van der Waals surface area contributed by atoms with Crippen molar-refractivity contribution in [1.29, 1.82) is 0 Å². The summed E-state index contributed by atoms with van der Waals surface area (Å²) in [6, 6.07) is 11.2. The van der Waals surface area contributed by atoms with Crippen molar-refractivity contribution in [2.45, 2.75) is 20.8 Å². The van der Waals surface area contributed by atoms with Gasteiger partial charge in [-0.05, 0) is 54.3 Å². The summed E-state index contributed by atoms with van der Waals surface area (Å²) < 4.78 is 11.3. The maximum atomic E-state index is 13.0. The smallest absolute Gasteiger partial charge is 0.294 e. The van der Waals surface area contributed by atoms with E-state index in [1.807, 2.05) is 20.8 Å². The minimum atomic E-state index is -0.562. The minimum absolute atomic E-state index is 0.000605. The van der Waals surface area contributed by atoms with Crippen LogP contribution in [-0.2, 0) is 0 Å². The minimum Gasteiger partial charge on any atom is -0.497 e. The van der Waals surface area contributed by atoms with E-state index in [9.17, 15) is 4.79 Å². The highest BCUT2D eigenvalue weighted by Crippen LogP contribution is 2.29. The van der Waals surface area contributed by atoms with Gasteiger partial charge in [0.2, 0.25) is 11.6 Å². The second kappa shape index (κ2) is 8.91. The van der Waals surface area contributed by atoms with Gasteiger partial charge in [0, 0.05) is 11.1 Å². The van der Waals surface area contributed by atoms with Gasteiger partial charge in [-0.25, -0.2) is 10.1 Å². The largest absolute Gasteiger partial charge is 0.497 e. The second-order valence-corrected chi connectivity index (χ2v) is 7.42. The number of carbonyl (C=O) groups is 1. The lowest BCUT2D eigenvalue weighted by Crippen LogP contribution is -2.19. The van der Waals surface area contributed by atoms with Gasteiger partial charge in [-0.3, -0.25) is 4.79 Å². The lowest BCUT2D eigenvalue weighted by atomic mass is 10.0. The maximum Gasteiger partial charge on any atom is 0.294 e. The van der Waals surface area contributed by atoms with Crippen LogP contribution in [0, 0.1) is 20.8 Å². The molecule has 11 nitrogen and oxygen atoms in total. The third-order valence-corrected chi connectivity index (χ3v) is 5.02. The average molecular weight is 446 g/mol. The Labute approximate surface area is 189 Å². The van der Waals surface area contributed by atoms with E-state index < -0.39 is 5.91 Å². The Balaban J connectivity index is 1.71. The molecule has 4 rings (SSSR count). The molecule has 2 heterocycles. The normalized spacial score (nSPS) is 11.2. The van der Waals surface area contributed by atoms with Crippen molar-refractivity contribution in [2.24, 2.45) is 5.10 Å². The highest BCUT2D eigenvalue weighted by atomic mass is 16.6. The Morgan fingerprint density at radius 3 is 2.61 bits per heavy atom. The van der Waals surface area contributed by atoms with E-state index in [-0.39, 0.29) is 17.3 Å². The summed E-state index contributed by atoms with van der Waals surface area (Å²) in [5.74, 6) is 0.127. The number of ether oxygens (including phenoxy) is 1. The molecule has 33 heavy (non-hydrogen) atoms. The topological polar surface area (TPSA) is 146 Å². The molecule has 0 saturated carbocycles. The predicted molar refractivity (Wildman–Crippen MR) is 121 cm³/mol. The van der Waals surface area contributed by atoms with Crippen LogP contribution in [0.15, 0.2) is 46.1 Å². The molecule has 0 spiro atoms. The number of anilines is 1. The second-order valence-electron chi connectivity index (χ2n) is 7.42.